The van der Waals surface area contributed by atoms with Crippen molar-refractivity contribution in [2.24, 2.45) is 0 Å². The zero-order valence-electron chi connectivity index (χ0n) is 8.64. The number of halogens is 1. The average Bonchev–Trinajstić information content (AvgIpc) is 2.28. The van der Waals surface area contributed by atoms with Gasteiger partial charge in [0.15, 0.2) is 0 Å². The van der Waals surface area contributed by atoms with Gasteiger partial charge in [-0.1, -0.05) is 15.9 Å². The Balaban J connectivity index is 2.42. The minimum atomic E-state index is -0.113. The highest BCUT2D eigenvalue weighted by Gasteiger charge is 2.11. The molecule has 16 heavy (non-hydrogen) atoms. The lowest BCUT2D eigenvalue weighted by Gasteiger charge is -2.02. The van der Waals surface area contributed by atoms with Crippen molar-refractivity contribution in [3.8, 4) is 0 Å². The minimum Gasteiger partial charge on any atom is -0.287 e. The lowest BCUT2D eigenvalue weighted by molar-refractivity contribution is 0.103. The topological polar surface area (TPSA) is 42.9 Å². The molecule has 0 unspecified atom stereocenters. The van der Waals surface area contributed by atoms with E-state index in [2.05, 4.69) is 25.9 Å². The van der Waals surface area contributed by atoms with E-state index in [9.17, 15) is 4.79 Å². The zero-order valence-corrected chi connectivity index (χ0v) is 10.2. The van der Waals surface area contributed by atoms with Gasteiger partial charge in [-0.25, -0.2) is 4.98 Å². The Morgan fingerprint density at radius 1 is 1.25 bits per heavy atom. The van der Waals surface area contributed by atoms with Gasteiger partial charge in [0.25, 0.3) is 0 Å². The van der Waals surface area contributed by atoms with Crippen LogP contribution in [0.15, 0.2) is 41.3 Å². The first kappa shape index (κ1) is 11.0. The van der Waals surface area contributed by atoms with Gasteiger partial charge < -0.3 is 0 Å². The molecule has 0 aliphatic heterocycles. The summed E-state index contributed by atoms with van der Waals surface area (Å²) in [5.41, 5.74) is 2.01. The standard InChI is InChI=1S/C12H9BrN2O/c1-8-4-9(6-10(13)5-8)12(16)11-7-14-2-3-15-11/h2-7H,1H3. The SMILES string of the molecule is Cc1cc(Br)cc(C(=O)c2cnccn2)c1. The van der Waals surface area contributed by atoms with Crippen LogP contribution in [0.5, 0.6) is 0 Å². The molecule has 0 radical (unpaired) electrons. The Bertz CT molecular complexity index is 506. The summed E-state index contributed by atoms with van der Waals surface area (Å²) >= 11 is 3.37. The molecule has 0 atom stereocenters. The van der Waals surface area contributed by atoms with Crippen molar-refractivity contribution in [3.63, 3.8) is 0 Å². The van der Waals surface area contributed by atoms with Crippen LogP contribution in [0.2, 0.25) is 0 Å². The van der Waals surface area contributed by atoms with Crippen molar-refractivity contribution in [1.29, 1.82) is 0 Å². The largest absolute Gasteiger partial charge is 0.287 e. The number of carbonyl (C=O) groups excluding carboxylic acids is 1. The number of carbonyl (C=O) groups is 1. The first-order valence-electron chi connectivity index (χ1n) is 4.75. The summed E-state index contributed by atoms with van der Waals surface area (Å²) < 4.78 is 0.889. The zero-order chi connectivity index (χ0) is 11.5. The molecule has 0 bridgehead atoms. The maximum Gasteiger partial charge on any atom is 0.212 e. The van der Waals surface area contributed by atoms with Crippen LogP contribution in [0.4, 0.5) is 0 Å². The lowest BCUT2D eigenvalue weighted by Crippen LogP contribution is -2.04. The summed E-state index contributed by atoms with van der Waals surface area (Å²) in [6, 6.07) is 5.57. The van der Waals surface area contributed by atoms with E-state index in [1.165, 1.54) is 12.4 Å². The first-order valence-corrected chi connectivity index (χ1v) is 5.54. The highest BCUT2D eigenvalue weighted by molar-refractivity contribution is 9.10. The van der Waals surface area contributed by atoms with E-state index in [1.807, 2.05) is 19.1 Å². The lowest BCUT2D eigenvalue weighted by atomic mass is 10.1. The van der Waals surface area contributed by atoms with Gasteiger partial charge in [0, 0.05) is 22.4 Å². The Morgan fingerprint density at radius 3 is 2.69 bits per heavy atom. The molecular weight excluding hydrogens is 268 g/mol. The van der Waals surface area contributed by atoms with Crippen LogP contribution in [-0.2, 0) is 0 Å². The Morgan fingerprint density at radius 2 is 2.06 bits per heavy atom. The molecule has 1 heterocycles. The van der Waals surface area contributed by atoms with Crippen molar-refractivity contribution in [2.45, 2.75) is 6.92 Å². The van der Waals surface area contributed by atoms with E-state index in [0.29, 0.717) is 11.3 Å². The summed E-state index contributed by atoms with van der Waals surface area (Å²) in [5.74, 6) is -0.113. The normalized spacial score (nSPS) is 10.1. The van der Waals surface area contributed by atoms with Gasteiger partial charge in [-0.15, -0.1) is 0 Å². The van der Waals surface area contributed by atoms with Crippen LogP contribution in [0.3, 0.4) is 0 Å². The number of hydrogen-bond donors (Lipinski definition) is 0. The molecule has 0 fully saturated rings. The molecule has 1 aromatic carbocycles. The van der Waals surface area contributed by atoms with Crippen molar-refractivity contribution >= 4 is 21.7 Å². The number of ketones is 1. The van der Waals surface area contributed by atoms with Crippen molar-refractivity contribution in [3.05, 3.63) is 58.1 Å². The second-order valence-corrected chi connectivity index (χ2v) is 4.35. The molecule has 80 valence electrons. The first-order chi connectivity index (χ1) is 7.66. The number of benzene rings is 1. The van der Waals surface area contributed by atoms with E-state index in [1.54, 1.807) is 12.3 Å². The van der Waals surface area contributed by atoms with Crippen LogP contribution in [0.25, 0.3) is 0 Å². The molecule has 3 nitrogen and oxygen atoms in total. The van der Waals surface area contributed by atoms with Crippen LogP contribution < -0.4 is 0 Å². The van der Waals surface area contributed by atoms with E-state index >= 15 is 0 Å². The molecular formula is C12H9BrN2O. The summed E-state index contributed by atoms with van der Waals surface area (Å²) in [6.45, 7) is 1.94. The van der Waals surface area contributed by atoms with Crippen LogP contribution >= 0.6 is 15.9 Å². The average molecular weight is 277 g/mol. The Hall–Kier alpha value is -1.55. The fourth-order valence-electron chi connectivity index (χ4n) is 1.43. The van der Waals surface area contributed by atoms with Crippen LogP contribution in [0, 0.1) is 6.92 Å². The van der Waals surface area contributed by atoms with Crippen molar-refractivity contribution in [1.82, 2.24) is 9.97 Å². The van der Waals surface area contributed by atoms with Crippen molar-refractivity contribution < 1.29 is 4.79 Å². The monoisotopic (exact) mass is 276 g/mol. The smallest absolute Gasteiger partial charge is 0.212 e. The molecule has 0 saturated heterocycles. The van der Waals surface area contributed by atoms with Crippen molar-refractivity contribution in [2.75, 3.05) is 0 Å². The predicted octanol–water partition coefficient (Wildman–Crippen LogP) is 2.78. The predicted molar refractivity (Wildman–Crippen MR) is 64.3 cm³/mol. The van der Waals surface area contributed by atoms with Gasteiger partial charge in [0.1, 0.15) is 5.69 Å². The summed E-state index contributed by atoms with van der Waals surface area (Å²) in [4.78, 5) is 19.9. The number of rotatable bonds is 2. The fraction of sp³-hybridized carbons (Fsp3) is 0.0833. The fourth-order valence-corrected chi connectivity index (χ4v) is 2.04. The summed E-state index contributed by atoms with van der Waals surface area (Å²) in [5, 5.41) is 0. The summed E-state index contributed by atoms with van der Waals surface area (Å²) in [7, 11) is 0. The van der Waals surface area contributed by atoms with Gasteiger partial charge in [-0.3, -0.25) is 9.78 Å². The molecule has 4 heteroatoms. The molecule has 0 aliphatic carbocycles. The molecule has 0 N–H and O–H groups in total. The maximum absolute atomic E-state index is 12.0. The number of nitrogens with zero attached hydrogens (tertiary/aromatic N) is 2. The Labute approximate surface area is 102 Å². The molecule has 0 spiro atoms. The third-order valence-corrected chi connectivity index (χ3v) is 2.56. The van der Waals surface area contributed by atoms with E-state index in [-0.39, 0.29) is 5.78 Å². The highest BCUT2D eigenvalue weighted by Crippen LogP contribution is 2.17. The second-order valence-electron chi connectivity index (χ2n) is 3.44. The van der Waals surface area contributed by atoms with E-state index in [0.717, 1.165) is 10.0 Å². The Kier molecular flexibility index (Phi) is 3.10. The van der Waals surface area contributed by atoms with Gasteiger partial charge in [-0.2, -0.15) is 0 Å². The molecule has 0 amide bonds. The quantitative estimate of drug-likeness (QED) is 0.793. The van der Waals surface area contributed by atoms with E-state index in [4.69, 9.17) is 0 Å². The van der Waals surface area contributed by atoms with Gasteiger partial charge in [-0.05, 0) is 30.7 Å². The number of aryl methyl sites for hydroxylation is 1. The molecule has 0 saturated carbocycles. The molecule has 1 aromatic heterocycles. The summed E-state index contributed by atoms with van der Waals surface area (Å²) in [6.07, 6.45) is 4.53. The van der Waals surface area contributed by atoms with Gasteiger partial charge >= 0.3 is 0 Å². The highest BCUT2D eigenvalue weighted by atomic mass is 79.9. The third kappa shape index (κ3) is 2.33. The molecule has 2 rings (SSSR count). The van der Waals surface area contributed by atoms with Crippen LogP contribution in [0.1, 0.15) is 21.6 Å². The van der Waals surface area contributed by atoms with Crippen LogP contribution in [-0.4, -0.2) is 15.8 Å². The van der Waals surface area contributed by atoms with Gasteiger partial charge in [0.2, 0.25) is 5.78 Å². The third-order valence-electron chi connectivity index (χ3n) is 2.10. The van der Waals surface area contributed by atoms with E-state index < -0.39 is 0 Å². The minimum absolute atomic E-state index is 0.113. The maximum atomic E-state index is 12.0. The number of hydrogen-bond acceptors (Lipinski definition) is 3. The molecule has 0 aliphatic rings. The molecule has 2 aromatic rings. The second kappa shape index (κ2) is 4.53. The number of aromatic nitrogens is 2. The van der Waals surface area contributed by atoms with Gasteiger partial charge in [0.05, 0.1) is 6.20 Å².